The highest BCUT2D eigenvalue weighted by Crippen LogP contribution is 2.43. The lowest BCUT2D eigenvalue weighted by molar-refractivity contribution is 0.884. The van der Waals surface area contributed by atoms with Crippen molar-refractivity contribution >= 4 is 44.5 Å². The van der Waals surface area contributed by atoms with E-state index in [0.717, 1.165) is 73.0 Å². The van der Waals surface area contributed by atoms with Crippen LogP contribution in [0.15, 0.2) is 183 Å². The van der Waals surface area contributed by atoms with E-state index in [9.17, 15) is 0 Å². The quantitative estimate of drug-likeness (QED) is 0.152. The summed E-state index contributed by atoms with van der Waals surface area (Å²) < 4.78 is 2.37. The Morgan fingerprint density at radius 3 is 2.02 bits per heavy atom. The van der Waals surface area contributed by atoms with Gasteiger partial charge in [-0.3, -0.25) is 0 Å². The first-order valence-electron chi connectivity index (χ1n) is 17.3. The first kappa shape index (κ1) is 31.8. The molecule has 0 saturated heterocycles. The van der Waals surface area contributed by atoms with E-state index in [4.69, 9.17) is 11.1 Å². The second-order valence-electron chi connectivity index (χ2n) is 12.7. The molecule has 3 N–H and O–H groups in total. The topological polar surface area (TPSA) is 58.0 Å². The molecule has 1 aliphatic carbocycles. The first-order chi connectivity index (χ1) is 25.1. The fourth-order valence-electron chi connectivity index (χ4n) is 6.97. The van der Waals surface area contributed by atoms with E-state index in [-0.39, 0.29) is 0 Å². The smallest absolute Gasteiger partial charge is 0.0795 e. The van der Waals surface area contributed by atoms with Crippen molar-refractivity contribution in [3.63, 3.8) is 0 Å². The highest BCUT2D eigenvalue weighted by molar-refractivity contribution is 6.15. The zero-order valence-electron chi connectivity index (χ0n) is 28.3. The van der Waals surface area contributed by atoms with Gasteiger partial charge in [-0.25, -0.2) is 9.69 Å². The van der Waals surface area contributed by atoms with Crippen LogP contribution in [-0.4, -0.2) is 10.4 Å². The molecule has 1 aliphatic rings. The van der Waals surface area contributed by atoms with Gasteiger partial charge in [0.05, 0.1) is 28.1 Å². The summed E-state index contributed by atoms with van der Waals surface area (Å²) >= 11 is 0. The molecule has 0 spiro atoms. The van der Waals surface area contributed by atoms with E-state index in [1.54, 1.807) is 6.08 Å². The van der Waals surface area contributed by atoms with E-state index >= 15 is 0 Å². The highest BCUT2D eigenvalue weighted by Gasteiger charge is 2.24. The van der Waals surface area contributed by atoms with Gasteiger partial charge in [-0.1, -0.05) is 128 Å². The van der Waals surface area contributed by atoms with Crippen molar-refractivity contribution in [3.05, 3.63) is 199 Å². The van der Waals surface area contributed by atoms with Crippen LogP contribution in [0.1, 0.15) is 23.1 Å². The first-order valence-corrected chi connectivity index (χ1v) is 17.3. The van der Waals surface area contributed by atoms with Crippen LogP contribution >= 0.6 is 0 Å². The van der Waals surface area contributed by atoms with Gasteiger partial charge < -0.3 is 11.1 Å². The number of nitrogens with two attached hydrogens (primary N) is 1. The van der Waals surface area contributed by atoms with Crippen LogP contribution in [0, 0.1) is 5.41 Å². The van der Waals surface area contributed by atoms with Crippen molar-refractivity contribution in [2.75, 3.05) is 5.01 Å². The Morgan fingerprint density at radius 2 is 1.35 bits per heavy atom. The van der Waals surface area contributed by atoms with Gasteiger partial charge in [0.25, 0.3) is 0 Å². The number of fused-ring (bicyclic) bond motifs is 3. The SMILES string of the molecule is C=CC(=N)c1ccc(N(c2ccc(CN)cc2)n2c3ccc(-c4ccccc4)cc3c3cc(-c4ccccc4)cc(C4=CC=CCC=C4)c32)cc1. The van der Waals surface area contributed by atoms with Crippen LogP contribution in [0.4, 0.5) is 11.4 Å². The fraction of sp³-hybridized carbons (Fsp3) is 0.0426. The van der Waals surface area contributed by atoms with Gasteiger partial charge >= 0.3 is 0 Å². The number of allylic oxidation sites excluding steroid dienone is 7. The number of aromatic nitrogens is 1. The van der Waals surface area contributed by atoms with Crippen LogP contribution in [0.2, 0.25) is 0 Å². The number of nitrogens with zero attached hydrogens (tertiary/aromatic N) is 2. The third kappa shape index (κ3) is 6.03. The Labute approximate surface area is 298 Å². The molecular formula is C47H38N4. The minimum atomic E-state index is 0.390. The average Bonchev–Trinajstić information content (AvgIpc) is 3.31. The second-order valence-corrected chi connectivity index (χ2v) is 12.7. The maximum Gasteiger partial charge on any atom is 0.0795 e. The minimum Gasteiger partial charge on any atom is -0.326 e. The van der Waals surface area contributed by atoms with E-state index in [2.05, 4.69) is 174 Å². The molecule has 0 bridgehead atoms. The zero-order chi connectivity index (χ0) is 34.7. The molecule has 6 aromatic carbocycles. The largest absolute Gasteiger partial charge is 0.326 e. The molecule has 4 nitrogen and oxygen atoms in total. The summed E-state index contributed by atoms with van der Waals surface area (Å²) in [4.78, 5) is 0. The minimum absolute atomic E-state index is 0.390. The third-order valence-electron chi connectivity index (χ3n) is 9.59. The highest BCUT2D eigenvalue weighted by atomic mass is 15.6. The lowest BCUT2D eigenvalue weighted by Gasteiger charge is -2.29. The van der Waals surface area contributed by atoms with Gasteiger partial charge in [-0.15, -0.1) is 0 Å². The molecule has 0 fully saturated rings. The normalized spacial score (nSPS) is 12.5. The predicted molar refractivity (Wildman–Crippen MR) is 217 cm³/mol. The second kappa shape index (κ2) is 13.8. The molecule has 1 heterocycles. The Morgan fingerprint density at radius 1 is 0.706 bits per heavy atom. The van der Waals surface area contributed by atoms with Crippen LogP contribution in [0.25, 0.3) is 49.6 Å². The summed E-state index contributed by atoms with van der Waals surface area (Å²) in [5, 5.41) is 13.0. The Kier molecular flexibility index (Phi) is 8.59. The number of rotatable bonds is 9. The van der Waals surface area contributed by atoms with Gasteiger partial charge in [0.15, 0.2) is 0 Å². The number of nitrogens with one attached hydrogen (secondary N) is 1. The van der Waals surface area contributed by atoms with E-state index in [0.29, 0.717) is 12.3 Å². The molecule has 0 saturated carbocycles. The van der Waals surface area contributed by atoms with Gasteiger partial charge in [-0.05, 0) is 100.0 Å². The Hall–Kier alpha value is -6.49. The molecule has 0 atom stereocenters. The Balaban J connectivity index is 1.51. The van der Waals surface area contributed by atoms with Crippen LogP contribution in [-0.2, 0) is 6.54 Å². The summed E-state index contributed by atoms with van der Waals surface area (Å²) in [6.45, 7) is 4.29. The maximum absolute atomic E-state index is 8.39. The van der Waals surface area contributed by atoms with Crippen LogP contribution in [0.5, 0.6) is 0 Å². The van der Waals surface area contributed by atoms with Crippen molar-refractivity contribution in [1.29, 1.82) is 5.41 Å². The summed E-state index contributed by atoms with van der Waals surface area (Å²) in [5.41, 5.74) is 19.4. The Bertz CT molecular complexity index is 2480. The molecule has 0 amide bonds. The van der Waals surface area contributed by atoms with Crippen LogP contribution < -0.4 is 10.7 Å². The third-order valence-corrected chi connectivity index (χ3v) is 9.59. The maximum atomic E-state index is 8.39. The number of hydrogen-bond donors (Lipinski definition) is 2. The van der Waals surface area contributed by atoms with Crippen LogP contribution in [0.3, 0.4) is 0 Å². The van der Waals surface area contributed by atoms with Gasteiger partial charge in [0.1, 0.15) is 0 Å². The summed E-state index contributed by atoms with van der Waals surface area (Å²) in [5.74, 6) is 0. The molecule has 51 heavy (non-hydrogen) atoms. The van der Waals surface area contributed by atoms with Gasteiger partial charge in [-0.2, -0.15) is 0 Å². The van der Waals surface area contributed by atoms with Crippen molar-refractivity contribution in [1.82, 2.24) is 4.68 Å². The molecule has 246 valence electrons. The van der Waals surface area contributed by atoms with Crippen molar-refractivity contribution in [3.8, 4) is 22.3 Å². The van der Waals surface area contributed by atoms with E-state index < -0.39 is 0 Å². The zero-order valence-corrected chi connectivity index (χ0v) is 28.3. The fourth-order valence-corrected chi connectivity index (χ4v) is 6.97. The summed E-state index contributed by atoms with van der Waals surface area (Å²) in [6, 6.07) is 49.4. The molecule has 1 aromatic heterocycles. The van der Waals surface area contributed by atoms with Crippen molar-refractivity contribution in [2.45, 2.75) is 13.0 Å². The number of benzene rings is 6. The number of hydrogen-bond acceptors (Lipinski definition) is 3. The van der Waals surface area contributed by atoms with E-state index in [1.165, 1.54) is 11.1 Å². The van der Waals surface area contributed by atoms with Gasteiger partial charge in [0, 0.05) is 22.9 Å². The summed E-state index contributed by atoms with van der Waals surface area (Å²) in [7, 11) is 0. The lowest BCUT2D eigenvalue weighted by atomic mass is 9.94. The molecule has 0 unspecified atom stereocenters. The average molecular weight is 659 g/mol. The molecule has 0 radical (unpaired) electrons. The molecule has 8 rings (SSSR count). The molecule has 7 aromatic rings. The van der Waals surface area contributed by atoms with Crippen molar-refractivity contribution in [2.24, 2.45) is 5.73 Å². The predicted octanol–water partition coefficient (Wildman–Crippen LogP) is 11.6. The van der Waals surface area contributed by atoms with E-state index in [1.807, 2.05) is 12.1 Å². The molecule has 4 heteroatoms. The number of anilines is 2. The summed E-state index contributed by atoms with van der Waals surface area (Å²) in [6.07, 6.45) is 13.5. The van der Waals surface area contributed by atoms with Gasteiger partial charge in [0.2, 0.25) is 0 Å². The monoisotopic (exact) mass is 658 g/mol. The lowest BCUT2D eigenvalue weighted by Crippen LogP contribution is -2.24. The standard InChI is InChI=1S/C47H38N4/c1-2-45(49)37-21-26-41(27-22-37)50(40-24-19-33(32-48)20-25-40)51-46-28-23-38(34-13-9-5-10-14-34)29-43(46)44-31-39(35-15-11-6-12-16-35)30-42(47(44)51)36-17-7-3-4-8-18-36/h2-3,5-31,49H,1,4,32,48H2. The van der Waals surface area contributed by atoms with Crippen molar-refractivity contribution < 1.29 is 0 Å². The molecule has 0 aliphatic heterocycles. The molecular weight excluding hydrogens is 621 g/mol.